The molecule has 0 aliphatic rings. The van der Waals surface area contributed by atoms with E-state index in [2.05, 4.69) is 61.4 Å². The number of anilines is 1. The SMILES string of the molecule is Cc1nc(N(C)Cc2csc(Br)c2)ncc1CNC(C)C. The van der Waals surface area contributed by atoms with Gasteiger partial charge in [0.2, 0.25) is 5.95 Å². The zero-order valence-electron chi connectivity index (χ0n) is 12.9. The van der Waals surface area contributed by atoms with Crippen molar-refractivity contribution in [2.24, 2.45) is 0 Å². The molecule has 0 spiro atoms. The van der Waals surface area contributed by atoms with Crippen LogP contribution in [0.4, 0.5) is 5.95 Å². The lowest BCUT2D eigenvalue weighted by atomic mass is 10.2. The number of hydrogen-bond acceptors (Lipinski definition) is 5. The van der Waals surface area contributed by atoms with Crippen LogP contribution >= 0.6 is 27.3 Å². The Morgan fingerprint density at radius 2 is 2.19 bits per heavy atom. The fraction of sp³-hybridized carbons (Fsp3) is 0.467. The van der Waals surface area contributed by atoms with E-state index in [-0.39, 0.29) is 0 Å². The van der Waals surface area contributed by atoms with Crippen molar-refractivity contribution in [2.45, 2.75) is 39.9 Å². The molecule has 2 aromatic heterocycles. The predicted molar refractivity (Wildman–Crippen MR) is 92.9 cm³/mol. The molecule has 0 aliphatic heterocycles. The first-order chi connectivity index (χ1) is 9.95. The van der Waals surface area contributed by atoms with Crippen molar-refractivity contribution < 1.29 is 0 Å². The second kappa shape index (κ2) is 7.33. The summed E-state index contributed by atoms with van der Waals surface area (Å²) in [7, 11) is 2.02. The summed E-state index contributed by atoms with van der Waals surface area (Å²) < 4.78 is 1.15. The molecular formula is C15H21BrN4S. The lowest BCUT2D eigenvalue weighted by Gasteiger charge is -2.18. The molecule has 21 heavy (non-hydrogen) atoms. The second-order valence-electron chi connectivity index (χ2n) is 5.43. The lowest BCUT2D eigenvalue weighted by molar-refractivity contribution is 0.584. The van der Waals surface area contributed by atoms with Crippen molar-refractivity contribution in [3.05, 3.63) is 38.3 Å². The molecule has 4 nitrogen and oxygen atoms in total. The molecule has 2 rings (SSSR count). The van der Waals surface area contributed by atoms with Gasteiger partial charge in [-0.15, -0.1) is 11.3 Å². The Kier molecular flexibility index (Phi) is 5.72. The van der Waals surface area contributed by atoms with Crippen LogP contribution in [0, 0.1) is 6.92 Å². The van der Waals surface area contributed by atoms with E-state index in [1.54, 1.807) is 11.3 Å². The Labute approximate surface area is 138 Å². The van der Waals surface area contributed by atoms with Gasteiger partial charge in [0.25, 0.3) is 0 Å². The first kappa shape index (κ1) is 16.4. The van der Waals surface area contributed by atoms with Crippen LogP contribution in [0.15, 0.2) is 21.4 Å². The normalized spacial score (nSPS) is 11.1. The topological polar surface area (TPSA) is 41.1 Å². The minimum atomic E-state index is 0.462. The number of rotatable bonds is 6. The van der Waals surface area contributed by atoms with Gasteiger partial charge >= 0.3 is 0 Å². The van der Waals surface area contributed by atoms with Gasteiger partial charge in [-0.3, -0.25) is 0 Å². The molecule has 2 heterocycles. The van der Waals surface area contributed by atoms with Gasteiger partial charge in [-0.1, -0.05) is 13.8 Å². The Hall–Kier alpha value is -0.980. The summed E-state index contributed by atoms with van der Waals surface area (Å²) in [4.78, 5) is 11.2. The zero-order chi connectivity index (χ0) is 15.4. The highest BCUT2D eigenvalue weighted by atomic mass is 79.9. The molecular weight excluding hydrogens is 348 g/mol. The molecule has 2 aromatic rings. The third-order valence-corrected chi connectivity index (χ3v) is 4.71. The Morgan fingerprint density at radius 1 is 1.43 bits per heavy atom. The van der Waals surface area contributed by atoms with Crippen LogP contribution in [0.25, 0.3) is 0 Å². The van der Waals surface area contributed by atoms with Crippen LogP contribution in [-0.2, 0) is 13.1 Å². The van der Waals surface area contributed by atoms with Crippen molar-refractivity contribution in [2.75, 3.05) is 11.9 Å². The fourth-order valence-corrected chi connectivity index (χ4v) is 3.12. The maximum Gasteiger partial charge on any atom is 0.225 e. The van der Waals surface area contributed by atoms with Crippen LogP contribution in [0.3, 0.4) is 0 Å². The molecule has 1 N–H and O–H groups in total. The monoisotopic (exact) mass is 368 g/mol. The fourth-order valence-electron chi connectivity index (χ4n) is 1.92. The summed E-state index contributed by atoms with van der Waals surface area (Å²) in [6, 6.07) is 2.60. The molecule has 0 saturated carbocycles. The molecule has 0 aliphatic carbocycles. The third kappa shape index (κ3) is 4.76. The zero-order valence-corrected chi connectivity index (χ0v) is 15.3. The van der Waals surface area contributed by atoms with Crippen LogP contribution in [0.2, 0.25) is 0 Å². The van der Waals surface area contributed by atoms with E-state index in [1.807, 2.05) is 20.2 Å². The maximum atomic E-state index is 4.62. The summed E-state index contributed by atoms with van der Waals surface area (Å²) in [5.41, 5.74) is 3.45. The lowest BCUT2D eigenvalue weighted by Crippen LogP contribution is -2.24. The quantitative estimate of drug-likeness (QED) is 0.842. The maximum absolute atomic E-state index is 4.62. The number of hydrogen-bond donors (Lipinski definition) is 1. The molecule has 114 valence electrons. The van der Waals surface area contributed by atoms with Gasteiger partial charge in [0.15, 0.2) is 0 Å². The van der Waals surface area contributed by atoms with E-state index < -0.39 is 0 Å². The van der Waals surface area contributed by atoms with Crippen LogP contribution in [0.5, 0.6) is 0 Å². The van der Waals surface area contributed by atoms with E-state index in [4.69, 9.17) is 0 Å². The standard InChI is InChI=1S/C15H21BrN4S/c1-10(2)17-6-13-7-18-15(19-11(13)3)20(4)8-12-5-14(16)21-9-12/h5,7,9-10,17H,6,8H2,1-4H3. The number of aryl methyl sites for hydroxylation is 1. The second-order valence-corrected chi connectivity index (χ2v) is 7.72. The number of aromatic nitrogens is 2. The van der Waals surface area contributed by atoms with Crippen molar-refractivity contribution in [1.29, 1.82) is 0 Å². The van der Waals surface area contributed by atoms with E-state index in [1.165, 1.54) is 5.56 Å². The average Bonchev–Trinajstić information content (AvgIpc) is 2.82. The first-order valence-electron chi connectivity index (χ1n) is 6.95. The number of thiophene rings is 1. The van der Waals surface area contributed by atoms with E-state index >= 15 is 0 Å². The first-order valence-corrected chi connectivity index (χ1v) is 8.63. The van der Waals surface area contributed by atoms with Crippen LogP contribution in [-0.4, -0.2) is 23.1 Å². The van der Waals surface area contributed by atoms with E-state index in [0.29, 0.717) is 6.04 Å². The third-order valence-electron chi connectivity index (χ3n) is 3.15. The average molecular weight is 369 g/mol. The number of nitrogens with one attached hydrogen (secondary N) is 1. The molecule has 0 saturated heterocycles. The molecule has 0 atom stereocenters. The number of nitrogens with zero attached hydrogens (tertiary/aromatic N) is 3. The van der Waals surface area contributed by atoms with E-state index in [0.717, 1.165) is 34.1 Å². The molecule has 0 amide bonds. The van der Waals surface area contributed by atoms with Gasteiger partial charge < -0.3 is 10.2 Å². The summed E-state index contributed by atoms with van der Waals surface area (Å²) >= 11 is 5.19. The highest BCUT2D eigenvalue weighted by Gasteiger charge is 2.09. The summed E-state index contributed by atoms with van der Waals surface area (Å²) in [5.74, 6) is 0.767. The summed E-state index contributed by atoms with van der Waals surface area (Å²) in [6.07, 6.45) is 1.92. The Morgan fingerprint density at radius 3 is 2.76 bits per heavy atom. The van der Waals surface area contributed by atoms with Gasteiger partial charge in [-0.05, 0) is 39.9 Å². The minimum absolute atomic E-state index is 0.462. The Bertz CT molecular complexity index is 597. The molecule has 0 radical (unpaired) electrons. The summed E-state index contributed by atoms with van der Waals surface area (Å²) in [6.45, 7) is 7.93. The van der Waals surface area contributed by atoms with E-state index in [9.17, 15) is 0 Å². The van der Waals surface area contributed by atoms with Gasteiger partial charge in [-0.25, -0.2) is 9.97 Å². The van der Waals surface area contributed by atoms with Crippen LogP contribution < -0.4 is 10.2 Å². The van der Waals surface area contributed by atoms with Crippen molar-refractivity contribution in [3.8, 4) is 0 Å². The van der Waals surface area contributed by atoms with Crippen molar-refractivity contribution >= 4 is 33.2 Å². The highest BCUT2D eigenvalue weighted by Crippen LogP contribution is 2.22. The molecule has 0 unspecified atom stereocenters. The van der Waals surface area contributed by atoms with Crippen molar-refractivity contribution in [3.63, 3.8) is 0 Å². The van der Waals surface area contributed by atoms with Gasteiger partial charge in [0, 0.05) is 43.6 Å². The van der Waals surface area contributed by atoms with Gasteiger partial charge in [-0.2, -0.15) is 0 Å². The highest BCUT2D eigenvalue weighted by molar-refractivity contribution is 9.11. The molecule has 0 bridgehead atoms. The predicted octanol–water partition coefficient (Wildman–Crippen LogP) is 3.74. The van der Waals surface area contributed by atoms with Crippen molar-refractivity contribution in [1.82, 2.24) is 15.3 Å². The smallest absolute Gasteiger partial charge is 0.225 e. The molecule has 0 aromatic carbocycles. The molecule has 0 fully saturated rings. The van der Waals surface area contributed by atoms with Crippen LogP contribution in [0.1, 0.15) is 30.7 Å². The minimum Gasteiger partial charge on any atom is -0.340 e. The number of halogens is 1. The Balaban J connectivity index is 2.04. The molecule has 6 heteroatoms. The van der Waals surface area contributed by atoms with Gasteiger partial charge in [0.05, 0.1) is 3.79 Å². The largest absolute Gasteiger partial charge is 0.340 e. The summed E-state index contributed by atoms with van der Waals surface area (Å²) in [5, 5.41) is 5.54. The van der Waals surface area contributed by atoms with Gasteiger partial charge in [0.1, 0.15) is 0 Å².